The van der Waals surface area contributed by atoms with Crippen LogP contribution in [-0.2, 0) is 0 Å². The van der Waals surface area contributed by atoms with Gasteiger partial charge in [0, 0.05) is 0 Å². The van der Waals surface area contributed by atoms with E-state index in [1.807, 2.05) is 42.5 Å². The fraction of sp³-hybridized carbons (Fsp3) is 0. The van der Waals surface area contributed by atoms with Crippen LogP contribution >= 0.6 is 0 Å². The normalized spacial score (nSPS) is 8.61. The number of terminal acetylenes is 1. The van der Waals surface area contributed by atoms with E-state index in [0.717, 1.165) is 16.7 Å². The molecule has 0 aliphatic rings. The molecule has 0 heterocycles. The highest BCUT2D eigenvalue weighted by Crippen LogP contribution is 2.22. The molecule has 0 N–H and O–H groups in total. The molecule has 0 radical (unpaired) electrons. The van der Waals surface area contributed by atoms with E-state index in [9.17, 15) is 0 Å². The van der Waals surface area contributed by atoms with Crippen molar-refractivity contribution in [2.45, 2.75) is 0 Å². The van der Waals surface area contributed by atoms with Gasteiger partial charge in [0.05, 0.1) is 0 Å². The first-order valence-electron chi connectivity index (χ1n) is 5.69. The first-order chi connectivity index (χ1) is 8.92. The van der Waals surface area contributed by atoms with Crippen LogP contribution in [-0.4, -0.2) is 0 Å². The van der Waals surface area contributed by atoms with E-state index in [0.29, 0.717) is 0 Å². The monoisotopic (exact) mass is 228 g/mol. The van der Waals surface area contributed by atoms with E-state index < -0.39 is 0 Å². The van der Waals surface area contributed by atoms with Crippen LogP contribution in [0.3, 0.4) is 0 Å². The van der Waals surface area contributed by atoms with E-state index in [2.05, 4.69) is 42.0 Å². The molecule has 2 aromatic rings. The maximum Gasteiger partial charge on any atom is -0.00239 e. The van der Waals surface area contributed by atoms with E-state index in [1.165, 1.54) is 0 Å². The van der Waals surface area contributed by atoms with E-state index >= 15 is 0 Å². The molecular formula is C18H12. The Kier molecular flexibility index (Phi) is 4.02. The minimum atomic E-state index is 1.08. The van der Waals surface area contributed by atoms with Gasteiger partial charge in [-0.05, 0) is 34.6 Å². The van der Waals surface area contributed by atoms with Crippen LogP contribution in [0.25, 0.3) is 5.57 Å². The molecule has 2 aromatic carbocycles. The minimum Gasteiger partial charge on any atom is -0.106 e. The van der Waals surface area contributed by atoms with E-state index in [4.69, 9.17) is 6.42 Å². The van der Waals surface area contributed by atoms with Crippen LogP contribution in [0.5, 0.6) is 0 Å². The molecule has 2 rings (SSSR count). The Labute approximate surface area is 108 Å². The third-order valence-electron chi connectivity index (χ3n) is 2.53. The topological polar surface area (TPSA) is 0 Å². The fourth-order valence-corrected chi connectivity index (χ4v) is 1.72. The largest absolute Gasteiger partial charge is 0.106 e. The quantitative estimate of drug-likeness (QED) is 0.687. The van der Waals surface area contributed by atoms with Crippen LogP contribution in [0.4, 0.5) is 0 Å². The molecule has 0 amide bonds. The number of hydrogen-bond donors (Lipinski definition) is 0. The summed E-state index contributed by atoms with van der Waals surface area (Å²) in [4.78, 5) is 0. The Balaban J connectivity index is 2.49. The zero-order chi connectivity index (χ0) is 12.6. The smallest absolute Gasteiger partial charge is 0.00239 e. The summed E-state index contributed by atoms with van der Waals surface area (Å²) in [6, 6.07) is 20.3. The molecule has 0 spiro atoms. The van der Waals surface area contributed by atoms with Gasteiger partial charge in [-0.25, -0.2) is 0 Å². The second kappa shape index (κ2) is 6.14. The highest BCUT2D eigenvalue weighted by atomic mass is 14.1. The number of allylic oxidation sites excluding steroid dienone is 1. The van der Waals surface area contributed by atoms with Gasteiger partial charge in [0.1, 0.15) is 0 Å². The van der Waals surface area contributed by atoms with Crippen molar-refractivity contribution in [3.05, 3.63) is 77.9 Å². The lowest BCUT2D eigenvalue weighted by molar-refractivity contribution is 1.55. The second-order valence-electron chi connectivity index (χ2n) is 3.70. The molecule has 0 unspecified atom stereocenters. The van der Waals surface area contributed by atoms with Crippen LogP contribution in [0.1, 0.15) is 11.1 Å². The van der Waals surface area contributed by atoms with Crippen molar-refractivity contribution in [3.8, 4) is 24.2 Å². The van der Waals surface area contributed by atoms with Crippen LogP contribution in [0.2, 0.25) is 0 Å². The van der Waals surface area contributed by atoms with Crippen LogP contribution < -0.4 is 0 Å². The summed E-state index contributed by atoms with van der Waals surface area (Å²) in [6.45, 7) is 0. The molecule has 0 fully saturated rings. The molecule has 0 saturated heterocycles. The highest BCUT2D eigenvalue weighted by molar-refractivity contribution is 5.81. The van der Waals surface area contributed by atoms with Gasteiger partial charge in [0.25, 0.3) is 0 Å². The maximum atomic E-state index is 5.14. The average molecular weight is 228 g/mol. The van der Waals surface area contributed by atoms with Crippen molar-refractivity contribution in [2.24, 2.45) is 0 Å². The Hall–Kier alpha value is -2.70. The lowest BCUT2D eigenvalue weighted by Gasteiger charge is -2.06. The zero-order valence-corrected chi connectivity index (χ0v) is 9.93. The standard InChI is InChI=1S/C18H12/c1-2-3-6-15-18(16-11-7-4-8-12-16)17-13-9-5-10-14-17/h1,4-5,7-15H. The van der Waals surface area contributed by atoms with E-state index in [1.54, 1.807) is 0 Å². The summed E-state index contributed by atoms with van der Waals surface area (Å²) in [5, 5.41) is 0. The molecule has 0 saturated carbocycles. The first kappa shape index (κ1) is 11.8. The predicted octanol–water partition coefficient (Wildman–Crippen LogP) is 3.75. The third-order valence-corrected chi connectivity index (χ3v) is 2.53. The van der Waals surface area contributed by atoms with Crippen molar-refractivity contribution < 1.29 is 0 Å². The summed E-state index contributed by atoms with van der Waals surface area (Å²) in [6.07, 6.45) is 7.00. The van der Waals surface area contributed by atoms with E-state index in [-0.39, 0.29) is 0 Å². The number of rotatable bonds is 2. The van der Waals surface area contributed by atoms with Gasteiger partial charge in [-0.15, -0.1) is 6.42 Å². The van der Waals surface area contributed by atoms with Crippen molar-refractivity contribution >= 4 is 5.57 Å². The van der Waals surface area contributed by atoms with Gasteiger partial charge >= 0.3 is 0 Å². The summed E-state index contributed by atoms with van der Waals surface area (Å²) < 4.78 is 0. The second-order valence-corrected chi connectivity index (χ2v) is 3.70. The molecule has 18 heavy (non-hydrogen) atoms. The first-order valence-corrected chi connectivity index (χ1v) is 5.69. The predicted molar refractivity (Wildman–Crippen MR) is 76.6 cm³/mol. The molecule has 0 atom stereocenters. The lowest BCUT2D eigenvalue weighted by Crippen LogP contribution is -1.86. The minimum absolute atomic E-state index is 1.08. The zero-order valence-electron chi connectivity index (χ0n) is 9.93. The SMILES string of the molecule is C#CC#CC=C(c1ccccc1)c1ccccc1. The third kappa shape index (κ3) is 2.91. The summed E-state index contributed by atoms with van der Waals surface area (Å²) in [5.41, 5.74) is 3.35. The summed E-state index contributed by atoms with van der Waals surface area (Å²) in [7, 11) is 0. The van der Waals surface area contributed by atoms with Gasteiger partial charge < -0.3 is 0 Å². The highest BCUT2D eigenvalue weighted by Gasteiger charge is 2.02. The number of hydrogen-bond acceptors (Lipinski definition) is 0. The molecule has 0 nitrogen and oxygen atoms in total. The average Bonchev–Trinajstić information content (AvgIpc) is 2.46. The summed E-state index contributed by atoms with van der Waals surface area (Å²) in [5.74, 6) is 7.82. The maximum absolute atomic E-state index is 5.14. The van der Waals surface area contributed by atoms with Crippen LogP contribution in [0.15, 0.2) is 66.7 Å². The molecule has 0 aliphatic heterocycles. The Morgan fingerprint density at radius 2 is 1.33 bits per heavy atom. The molecule has 0 heteroatoms. The Morgan fingerprint density at radius 1 is 0.833 bits per heavy atom. The van der Waals surface area contributed by atoms with Crippen molar-refractivity contribution in [1.29, 1.82) is 0 Å². The molecular weight excluding hydrogens is 216 g/mol. The van der Waals surface area contributed by atoms with Crippen molar-refractivity contribution in [3.63, 3.8) is 0 Å². The van der Waals surface area contributed by atoms with Gasteiger partial charge in [-0.2, -0.15) is 0 Å². The van der Waals surface area contributed by atoms with Gasteiger partial charge in [0.15, 0.2) is 0 Å². The molecule has 0 aromatic heterocycles. The van der Waals surface area contributed by atoms with Crippen molar-refractivity contribution in [1.82, 2.24) is 0 Å². The van der Waals surface area contributed by atoms with Crippen LogP contribution in [0, 0.1) is 24.2 Å². The molecule has 0 bridgehead atoms. The Bertz CT molecular complexity index is 588. The molecule has 84 valence electrons. The molecule has 0 aliphatic carbocycles. The number of benzene rings is 2. The van der Waals surface area contributed by atoms with Crippen molar-refractivity contribution in [2.75, 3.05) is 0 Å². The summed E-state index contributed by atoms with van der Waals surface area (Å²) >= 11 is 0. The van der Waals surface area contributed by atoms with Gasteiger partial charge in [-0.1, -0.05) is 66.6 Å². The van der Waals surface area contributed by atoms with Gasteiger partial charge in [-0.3, -0.25) is 0 Å². The Morgan fingerprint density at radius 3 is 1.78 bits per heavy atom. The lowest BCUT2D eigenvalue weighted by atomic mass is 9.98. The van der Waals surface area contributed by atoms with Gasteiger partial charge in [0.2, 0.25) is 0 Å². The fourth-order valence-electron chi connectivity index (χ4n) is 1.72.